The fourth-order valence-corrected chi connectivity index (χ4v) is 2.03. The first-order chi connectivity index (χ1) is 10.0. The molecule has 108 valence electrons. The maximum absolute atomic E-state index is 11.8. The third-order valence-electron chi connectivity index (χ3n) is 3.00. The zero-order valence-corrected chi connectivity index (χ0v) is 11.3. The number of nitro groups is 1. The molecule has 0 aliphatic carbocycles. The van der Waals surface area contributed by atoms with Crippen molar-refractivity contribution in [1.29, 1.82) is 0 Å². The SMILES string of the molecule is C=C(C(=O)OC)C(c1cccc([N+](=O)[O-])c1)n1ccnc1. The summed E-state index contributed by atoms with van der Waals surface area (Å²) in [5.74, 6) is -0.583. The van der Waals surface area contributed by atoms with E-state index in [2.05, 4.69) is 16.3 Å². The summed E-state index contributed by atoms with van der Waals surface area (Å²) in [4.78, 5) is 26.1. The van der Waals surface area contributed by atoms with E-state index in [1.807, 2.05) is 0 Å². The molecule has 21 heavy (non-hydrogen) atoms. The fraction of sp³-hybridized carbons (Fsp3) is 0.143. The van der Waals surface area contributed by atoms with Gasteiger partial charge >= 0.3 is 5.97 Å². The number of nitrogens with zero attached hydrogens (tertiary/aromatic N) is 3. The molecule has 0 bridgehead atoms. The Balaban J connectivity index is 2.50. The van der Waals surface area contributed by atoms with Crippen molar-refractivity contribution in [2.75, 3.05) is 7.11 Å². The van der Waals surface area contributed by atoms with Gasteiger partial charge in [0, 0.05) is 24.5 Å². The highest BCUT2D eigenvalue weighted by molar-refractivity contribution is 5.89. The van der Waals surface area contributed by atoms with Crippen LogP contribution in [0.4, 0.5) is 5.69 Å². The van der Waals surface area contributed by atoms with Crippen molar-refractivity contribution in [3.05, 3.63) is 70.8 Å². The van der Waals surface area contributed by atoms with Crippen LogP contribution in [-0.2, 0) is 9.53 Å². The number of hydrogen-bond donors (Lipinski definition) is 0. The molecule has 0 radical (unpaired) electrons. The molecule has 1 heterocycles. The smallest absolute Gasteiger partial charge is 0.335 e. The zero-order valence-electron chi connectivity index (χ0n) is 11.3. The number of hydrogen-bond acceptors (Lipinski definition) is 5. The molecule has 1 aromatic carbocycles. The molecule has 2 aromatic rings. The summed E-state index contributed by atoms with van der Waals surface area (Å²) in [5, 5.41) is 10.9. The van der Waals surface area contributed by atoms with E-state index in [1.54, 1.807) is 29.1 Å². The van der Waals surface area contributed by atoms with Gasteiger partial charge in [0.05, 0.1) is 30.0 Å². The van der Waals surface area contributed by atoms with Gasteiger partial charge in [-0.3, -0.25) is 10.1 Å². The number of ether oxygens (including phenoxy) is 1. The highest BCUT2D eigenvalue weighted by atomic mass is 16.6. The Labute approximate surface area is 120 Å². The van der Waals surface area contributed by atoms with Crippen LogP contribution < -0.4 is 0 Å². The van der Waals surface area contributed by atoms with E-state index in [0.717, 1.165) is 0 Å². The highest BCUT2D eigenvalue weighted by Crippen LogP contribution is 2.28. The van der Waals surface area contributed by atoms with E-state index in [9.17, 15) is 14.9 Å². The number of esters is 1. The van der Waals surface area contributed by atoms with Crippen molar-refractivity contribution in [2.24, 2.45) is 0 Å². The zero-order chi connectivity index (χ0) is 15.4. The Morgan fingerprint density at radius 2 is 2.29 bits per heavy atom. The lowest BCUT2D eigenvalue weighted by molar-refractivity contribution is -0.384. The predicted octanol–water partition coefficient (Wildman–Crippen LogP) is 2.11. The number of imidazole rings is 1. The van der Waals surface area contributed by atoms with Gasteiger partial charge in [0.2, 0.25) is 0 Å². The number of aromatic nitrogens is 2. The molecular weight excluding hydrogens is 274 g/mol. The third kappa shape index (κ3) is 2.97. The largest absolute Gasteiger partial charge is 0.466 e. The number of benzene rings is 1. The van der Waals surface area contributed by atoms with Crippen molar-refractivity contribution in [3.8, 4) is 0 Å². The predicted molar refractivity (Wildman–Crippen MR) is 74.6 cm³/mol. The van der Waals surface area contributed by atoms with Crippen LogP contribution in [0.3, 0.4) is 0 Å². The number of carbonyl (C=O) groups excluding carboxylic acids is 1. The van der Waals surface area contributed by atoms with Crippen LogP contribution in [0.5, 0.6) is 0 Å². The second-order valence-corrected chi connectivity index (χ2v) is 4.28. The summed E-state index contributed by atoms with van der Waals surface area (Å²) < 4.78 is 6.32. The Bertz CT molecular complexity index is 679. The first-order valence-electron chi connectivity index (χ1n) is 6.03. The molecule has 0 N–H and O–H groups in total. The molecule has 0 spiro atoms. The highest BCUT2D eigenvalue weighted by Gasteiger charge is 2.24. The van der Waals surface area contributed by atoms with Gasteiger partial charge < -0.3 is 9.30 Å². The Kier molecular flexibility index (Phi) is 4.13. The molecule has 7 heteroatoms. The van der Waals surface area contributed by atoms with Crippen molar-refractivity contribution >= 4 is 11.7 Å². The molecule has 0 fully saturated rings. The molecule has 0 amide bonds. The number of rotatable bonds is 5. The summed E-state index contributed by atoms with van der Waals surface area (Å²) in [6, 6.07) is 5.42. The standard InChI is InChI=1S/C14H13N3O4/c1-10(14(18)21-2)13(16-7-6-15-9-16)11-4-3-5-12(8-11)17(19)20/h3-9,13H,1H2,2H3. The molecule has 1 atom stereocenters. The van der Waals surface area contributed by atoms with Crippen molar-refractivity contribution in [1.82, 2.24) is 9.55 Å². The molecule has 2 rings (SSSR count). The minimum Gasteiger partial charge on any atom is -0.466 e. The van der Waals surface area contributed by atoms with E-state index in [1.165, 1.54) is 25.6 Å². The maximum atomic E-state index is 11.8. The van der Waals surface area contributed by atoms with E-state index in [0.29, 0.717) is 5.56 Å². The van der Waals surface area contributed by atoms with Gasteiger partial charge in [-0.15, -0.1) is 0 Å². The fourth-order valence-electron chi connectivity index (χ4n) is 2.03. The van der Waals surface area contributed by atoms with Crippen LogP contribution in [0.15, 0.2) is 55.1 Å². The molecular formula is C14H13N3O4. The quantitative estimate of drug-likeness (QED) is 0.364. The van der Waals surface area contributed by atoms with Crippen LogP contribution >= 0.6 is 0 Å². The van der Waals surface area contributed by atoms with Gasteiger partial charge in [0.1, 0.15) is 0 Å². The second-order valence-electron chi connectivity index (χ2n) is 4.28. The van der Waals surface area contributed by atoms with E-state index >= 15 is 0 Å². The summed E-state index contributed by atoms with van der Waals surface area (Å²) in [7, 11) is 1.26. The number of methoxy groups -OCH3 is 1. The minimum atomic E-state index is -0.611. The van der Waals surface area contributed by atoms with Crippen LogP contribution in [0.1, 0.15) is 11.6 Å². The van der Waals surface area contributed by atoms with Crippen LogP contribution in [-0.4, -0.2) is 27.6 Å². The van der Waals surface area contributed by atoms with Crippen molar-refractivity contribution in [2.45, 2.75) is 6.04 Å². The maximum Gasteiger partial charge on any atom is 0.335 e. The first-order valence-corrected chi connectivity index (χ1v) is 6.03. The summed E-state index contributed by atoms with van der Waals surface area (Å²) in [6.07, 6.45) is 4.71. The lowest BCUT2D eigenvalue weighted by Gasteiger charge is -2.19. The lowest BCUT2D eigenvalue weighted by atomic mass is 9.99. The van der Waals surface area contributed by atoms with Gasteiger partial charge in [-0.1, -0.05) is 18.7 Å². The monoisotopic (exact) mass is 287 g/mol. The average Bonchev–Trinajstić information content (AvgIpc) is 3.00. The number of non-ortho nitro benzene ring substituents is 1. The molecule has 1 unspecified atom stereocenters. The van der Waals surface area contributed by atoms with Crippen molar-refractivity contribution < 1.29 is 14.5 Å². The van der Waals surface area contributed by atoms with Gasteiger partial charge in [-0.25, -0.2) is 9.78 Å². The summed E-state index contributed by atoms with van der Waals surface area (Å²) >= 11 is 0. The minimum absolute atomic E-state index is 0.0599. The van der Waals surface area contributed by atoms with Crippen LogP contribution in [0.2, 0.25) is 0 Å². The van der Waals surface area contributed by atoms with Crippen LogP contribution in [0.25, 0.3) is 0 Å². The van der Waals surface area contributed by atoms with Gasteiger partial charge in [0.15, 0.2) is 0 Å². The molecule has 0 saturated heterocycles. The molecule has 0 saturated carbocycles. The average molecular weight is 287 g/mol. The van der Waals surface area contributed by atoms with Gasteiger partial charge in [-0.05, 0) is 5.56 Å². The molecule has 0 aliphatic heterocycles. The second kappa shape index (κ2) is 6.00. The van der Waals surface area contributed by atoms with Crippen molar-refractivity contribution in [3.63, 3.8) is 0 Å². The van der Waals surface area contributed by atoms with Gasteiger partial charge in [-0.2, -0.15) is 0 Å². The van der Waals surface area contributed by atoms with Crippen LogP contribution in [0, 0.1) is 10.1 Å². The Morgan fingerprint density at radius 3 is 2.86 bits per heavy atom. The van der Waals surface area contributed by atoms with E-state index < -0.39 is 16.9 Å². The topological polar surface area (TPSA) is 87.3 Å². The van der Waals surface area contributed by atoms with E-state index in [-0.39, 0.29) is 11.3 Å². The van der Waals surface area contributed by atoms with Gasteiger partial charge in [0.25, 0.3) is 5.69 Å². The van der Waals surface area contributed by atoms with E-state index in [4.69, 9.17) is 0 Å². The molecule has 1 aromatic heterocycles. The molecule has 7 nitrogen and oxygen atoms in total. The Hall–Kier alpha value is -2.96. The Morgan fingerprint density at radius 1 is 1.52 bits per heavy atom. The normalized spacial score (nSPS) is 11.7. The number of carbonyl (C=O) groups is 1. The summed E-state index contributed by atoms with van der Waals surface area (Å²) in [5.41, 5.74) is 0.656. The third-order valence-corrected chi connectivity index (χ3v) is 3.00. The first kappa shape index (κ1) is 14.4. The summed E-state index contributed by atoms with van der Waals surface area (Å²) in [6.45, 7) is 3.74. The number of nitro benzene ring substituents is 1. The lowest BCUT2D eigenvalue weighted by Crippen LogP contribution is -2.18. The molecule has 0 aliphatic rings.